The fourth-order valence-electron chi connectivity index (χ4n) is 4.53. The van der Waals surface area contributed by atoms with Gasteiger partial charge < -0.3 is 10.2 Å². The van der Waals surface area contributed by atoms with Gasteiger partial charge in [0.15, 0.2) is 11.6 Å². The molecule has 0 radical (unpaired) electrons. The second-order valence-electron chi connectivity index (χ2n) is 10.5. The molecule has 3 heterocycles. The summed E-state index contributed by atoms with van der Waals surface area (Å²) in [6.45, 7) is 10.3. The maximum atomic E-state index is 13.0. The molecule has 0 aliphatic carbocycles. The van der Waals surface area contributed by atoms with Crippen molar-refractivity contribution >= 4 is 23.2 Å². The topological polar surface area (TPSA) is 79.6 Å². The smallest absolute Gasteiger partial charge is 0.200 e. The Morgan fingerprint density at radius 2 is 1.94 bits per heavy atom. The van der Waals surface area contributed by atoms with Crippen molar-refractivity contribution < 1.29 is 9.59 Å². The molecule has 1 N–H and O–H groups in total. The molecule has 0 saturated carbocycles. The highest BCUT2D eigenvalue weighted by Crippen LogP contribution is 2.26. The van der Waals surface area contributed by atoms with E-state index in [1.807, 2.05) is 38.2 Å². The van der Waals surface area contributed by atoms with Crippen molar-refractivity contribution in [2.24, 2.45) is 18.0 Å². The number of aromatic nitrogens is 2. The van der Waals surface area contributed by atoms with Crippen molar-refractivity contribution in [2.75, 3.05) is 25.0 Å². The third-order valence-electron chi connectivity index (χ3n) is 6.72. The number of Topliss-reactive ketones (excluding diaryl/α,β-unsaturated/α-hetero) is 2. The lowest BCUT2D eigenvalue weighted by Gasteiger charge is -2.35. The molecule has 2 aromatic rings. The molecule has 0 amide bonds. The average molecular weight is 462 g/mol. The van der Waals surface area contributed by atoms with E-state index in [2.05, 4.69) is 53.2 Å². The molecule has 2 aliphatic rings. The molecule has 1 fully saturated rings. The number of carbonyl (C=O) groups is 2. The number of piperidine rings is 1. The summed E-state index contributed by atoms with van der Waals surface area (Å²) in [4.78, 5) is 32.1. The number of nitrogens with one attached hydrogen (secondary N) is 1. The van der Waals surface area contributed by atoms with Crippen LogP contribution in [0.4, 0.5) is 5.82 Å². The molecule has 1 saturated heterocycles. The van der Waals surface area contributed by atoms with Crippen LogP contribution in [-0.2, 0) is 17.3 Å². The van der Waals surface area contributed by atoms with Crippen LogP contribution in [0.3, 0.4) is 0 Å². The molecule has 180 valence electrons. The lowest BCUT2D eigenvalue weighted by Crippen LogP contribution is -2.41. The van der Waals surface area contributed by atoms with Crippen molar-refractivity contribution in [1.82, 2.24) is 14.7 Å². The van der Waals surface area contributed by atoms with Crippen molar-refractivity contribution in [3.05, 3.63) is 58.9 Å². The maximum Gasteiger partial charge on any atom is 0.200 e. The number of amidine groups is 1. The predicted octanol–water partition coefficient (Wildman–Crippen LogP) is 4.29. The Balaban J connectivity index is 1.40. The van der Waals surface area contributed by atoms with Gasteiger partial charge in [0.2, 0.25) is 5.78 Å². The van der Waals surface area contributed by atoms with E-state index in [4.69, 9.17) is 0 Å². The summed E-state index contributed by atoms with van der Waals surface area (Å²) in [7, 11) is 1.87. The third-order valence-corrected chi connectivity index (χ3v) is 6.72. The Morgan fingerprint density at radius 3 is 2.59 bits per heavy atom. The van der Waals surface area contributed by atoms with Gasteiger partial charge in [-0.3, -0.25) is 19.3 Å². The average Bonchev–Trinajstić information content (AvgIpc) is 3.11. The molecule has 0 unspecified atom stereocenters. The number of aryl methyl sites for hydroxylation is 2. The molecule has 2 aliphatic heterocycles. The molecular weight excluding hydrogens is 426 g/mol. The lowest BCUT2D eigenvalue weighted by atomic mass is 9.85. The van der Waals surface area contributed by atoms with Crippen LogP contribution < -0.4 is 5.32 Å². The number of carbonyl (C=O) groups excluding carboxylic acids is 2. The van der Waals surface area contributed by atoms with Crippen LogP contribution in [0.2, 0.25) is 0 Å². The van der Waals surface area contributed by atoms with E-state index < -0.39 is 0 Å². The van der Waals surface area contributed by atoms with E-state index in [0.717, 1.165) is 43.0 Å². The van der Waals surface area contributed by atoms with Gasteiger partial charge in [-0.15, -0.1) is 0 Å². The first-order valence-electron chi connectivity index (χ1n) is 12.1. The zero-order chi connectivity index (χ0) is 24.5. The Kier molecular flexibility index (Phi) is 6.73. The van der Waals surface area contributed by atoms with Crippen molar-refractivity contribution in [3.8, 4) is 0 Å². The van der Waals surface area contributed by atoms with Crippen LogP contribution in [0.15, 0.2) is 47.1 Å². The minimum atomic E-state index is -0.0468. The van der Waals surface area contributed by atoms with Gasteiger partial charge in [-0.25, -0.2) is 0 Å². The quantitative estimate of drug-likeness (QED) is 0.672. The van der Waals surface area contributed by atoms with Crippen molar-refractivity contribution in [3.63, 3.8) is 0 Å². The summed E-state index contributed by atoms with van der Waals surface area (Å²) in [5.41, 5.74) is 3.61. The lowest BCUT2D eigenvalue weighted by molar-refractivity contribution is -0.114. The third kappa shape index (κ3) is 5.46. The highest BCUT2D eigenvalue weighted by atomic mass is 16.1. The Hall–Kier alpha value is -3.22. The first kappa shape index (κ1) is 23.9. The zero-order valence-corrected chi connectivity index (χ0v) is 20.9. The van der Waals surface area contributed by atoms with Crippen LogP contribution in [0.1, 0.15) is 61.6 Å². The van der Waals surface area contributed by atoms with Gasteiger partial charge in [-0.05, 0) is 36.7 Å². The summed E-state index contributed by atoms with van der Waals surface area (Å²) in [5.74, 6) is 1.87. The van der Waals surface area contributed by atoms with Gasteiger partial charge in [0.05, 0.1) is 5.70 Å². The SMILES string of the molecule is Cc1cc(NC2=CC(N3CCC[C@@H](CC(=O)c4ccc(C(C)(C)C)cc4)C3)=NCC2=O)nn1C. The minimum absolute atomic E-state index is 0.0468. The van der Waals surface area contributed by atoms with Gasteiger partial charge in [0, 0.05) is 50.0 Å². The number of aliphatic imine (C=N–C) groups is 1. The summed E-state index contributed by atoms with van der Waals surface area (Å²) in [6.07, 6.45) is 4.38. The second kappa shape index (κ2) is 9.57. The monoisotopic (exact) mass is 461 g/mol. The minimum Gasteiger partial charge on any atom is -0.357 e. The summed E-state index contributed by atoms with van der Waals surface area (Å²) in [5, 5.41) is 7.55. The van der Waals surface area contributed by atoms with E-state index in [1.54, 1.807) is 4.68 Å². The van der Waals surface area contributed by atoms with Gasteiger partial charge in [0.1, 0.15) is 12.4 Å². The molecule has 0 spiro atoms. The van der Waals surface area contributed by atoms with E-state index in [1.165, 1.54) is 5.56 Å². The van der Waals surface area contributed by atoms with Crippen LogP contribution >= 0.6 is 0 Å². The number of hydrogen-bond donors (Lipinski definition) is 1. The van der Waals surface area contributed by atoms with Gasteiger partial charge >= 0.3 is 0 Å². The Morgan fingerprint density at radius 1 is 1.21 bits per heavy atom. The van der Waals surface area contributed by atoms with E-state index in [0.29, 0.717) is 17.9 Å². The number of dihydropyridines is 1. The Labute approximate surface area is 201 Å². The van der Waals surface area contributed by atoms with Crippen LogP contribution in [0.25, 0.3) is 0 Å². The molecule has 0 bridgehead atoms. The number of ketones is 2. The largest absolute Gasteiger partial charge is 0.357 e. The van der Waals surface area contributed by atoms with E-state index >= 15 is 0 Å². The van der Waals surface area contributed by atoms with Gasteiger partial charge in [-0.2, -0.15) is 5.10 Å². The van der Waals surface area contributed by atoms with Crippen molar-refractivity contribution in [1.29, 1.82) is 0 Å². The van der Waals surface area contributed by atoms with Crippen LogP contribution in [0, 0.1) is 12.8 Å². The molecule has 1 atom stereocenters. The Bertz CT molecular complexity index is 1120. The molecule has 1 aromatic carbocycles. The van der Waals surface area contributed by atoms with Crippen LogP contribution in [-0.4, -0.2) is 51.7 Å². The first-order valence-corrected chi connectivity index (χ1v) is 12.1. The highest BCUT2D eigenvalue weighted by molar-refractivity contribution is 6.10. The summed E-state index contributed by atoms with van der Waals surface area (Å²) in [6, 6.07) is 9.96. The molecule has 7 nitrogen and oxygen atoms in total. The maximum absolute atomic E-state index is 13.0. The number of rotatable bonds is 5. The van der Waals surface area contributed by atoms with Crippen molar-refractivity contribution in [2.45, 2.75) is 52.4 Å². The summed E-state index contributed by atoms with van der Waals surface area (Å²) < 4.78 is 1.77. The molecule has 34 heavy (non-hydrogen) atoms. The first-order chi connectivity index (χ1) is 16.1. The fraction of sp³-hybridized carbons (Fsp3) is 0.481. The number of hydrogen-bond acceptors (Lipinski definition) is 6. The number of anilines is 1. The molecular formula is C27H35N5O2. The van der Waals surface area contributed by atoms with E-state index in [-0.39, 0.29) is 29.4 Å². The predicted molar refractivity (Wildman–Crippen MR) is 135 cm³/mol. The number of benzene rings is 1. The zero-order valence-electron chi connectivity index (χ0n) is 20.9. The number of nitrogens with zero attached hydrogens (tertiary/aromatic N) is 4. The second-order valence-corrected chi connectivity index (χ2v) is 10.5. The molecule has 7 heteroatoms. The highest BCUT2D eigenvalue weighted by Gasteiger charge is 2.27. The number of likely N-dealkylation sites (tertiary alicyclic amines) is 1. The fourth-order valence-corrected chi connectivity index (χ4v) is 4.53. The molecule has 4 rings (SSSR count). The van der Waals surface area contributed by atoms with E-state index in [9.17, 15) is 9.59 Å². The van der Waals surface area contributed by atoms with Gasteiger partial charge in [-0.1, -0.05) is 45.0 Å². The summed E-state index contributed by atoms with van der Waals surface area (Å²) >= 11 is 0. The van der Waals surface area contributed by atoms with Crippen LogP contribution in [0.5, 0.6) is 0 Å². The standard InChI is InChI=1S/C27H35N5O2/c1-18-13-25(30-31(18)5)29-22-15-26(28-16-24(22)34)32-12-6-7-19(17-32)14-23(33)20-8-10-21(11-9-20)27(2,3)4/h8-11,13,15,19H,6-7,12,14,16-17H2,1-5H3,(H,29,30)/t19-/m0/s1. The van der Waals surface area contributed by atoms with Gasteiger partial charge in [0.25, 0.3) is 0 Å². The normalized spacial score (nSPS) is 19.0. The molecule has 1 aromatic heterocycles.